The van der Waals surface area contributed by atoms with Crippen LogP contribution in [0.1, 0.15) is 11.1 Å². The maximum atomic E-state index is 14.0. The fourth-order valence-electron chi connectivity index (χ4n) is 3.94. The summed E-state index contributed by atoms with van der Waals surface area (Å²) in [7, 11) is -4.73. The Hall–Kier alpha value is -2.72. The summed E-state index contributed by atoms with van der Waals surface area (Å²) in [6, 6.07) is 16.3. The van der Waals surface area contributed by atoms with Crippen LogP contribution in [0.2, 0.25) is 10.0 Å². The molecular weight excluding hydrogens is 522 g/mol. The average Bonchev–Trinajstić information content (AvgIpc) is 3.09. The van der Waals surface area contributed by atoms with Crippen molar-refractivity contribution in [3.63, 3.8) is 0 Å². The molecule has 0 radical (unpaired) electrons. The van der Waals surface area contributed by atoms with Gasteiger partial charge in [0, 0.05) is 28.7 Å². The minimum Gasteiger partial charge on any atom is -0.398 e. The molecule has 11 heteroatoms. The van der Waals surface area contributed by atoms with Gasteiger partial charge >= 0.3 is 6.18 Å². The Balaban J connectivity index is 1.71. The number of hydrogen-bond acceptors (Lipinski definition) is 3. The Morgan fingerprint density at radius 3 is 2.31 bits per heavy atom. The van der Waals surface area contributed by atoms with E-state index in [1.807, 2.05) is 36.4 Å². The number of alkyl halides is 3. The first kappa shape index (κ1) is 25.4. The molecule has 1 heterocycles. The van der Waals surface area contributed by atoms with E-state index in [-0.39, 0.29) is 15.7 Å². The van der Waals surface area contributed by atoms with E-state index in [9.17, 15) is 21.6 Å². The molecule has 5 nitrogen and oxygen atoms in total. The summed E-state index contributed by atoms with van der Waals surface area (Å²) in [5, 5.41) is 0.466. The number of rotatable bonds is 7. The number of halogens is 5. The molecule has 3 aromatic carbocycles. The molecule has 0 aliphatic carbocycles. The van der Waals surface area contributed by atoms with Crippen molar-refractivity contribution in [1.29, 1.82) is 0 Å². The van der Waals surface area contributed by atoms with Gasteiger partial charge in [0.15, 0.2) is 0 Å². The summed E-state index contributed by atoms with van der Waals surface area (Å²) >= 11 is 11.8. The molecule has 0 aliphatic rings. The van der Waals surface area contributed by atoms with E-state index in [1.165, 1.54) is 4.57 Å². The highest BCUT2D eigenvalue weighted by atomic mass is 35.5. The normalized spacial score (nSPS) is 13.3. The lowest BCUT2D eigenvalue weighted by Crippen LogP contribution is -2.48. The minimum atomic E-state index is -4.90. The summed E-state index contributed by atoms with van der Waals surface area (Å²) in [6.45, 7) is -0.691. The zero-order valence-electron chi connectivity index (χ0n) is 18.1. The van der Waals surface area contributed by atoms with Crippen molar-refractivity contribution in [2.24, 2.45) is 0 Å². The standard InChI is InChI=1S/C24H20Cl2F3N3O2S/c25-17-11-19(26)23(20(30)12-17)35(33,34)31-22(24(27,28)29)14-32-13-16(10-15-6-2-1-3-7-15)18-8-4-5-9-21(18)32/h1-9,11-13,22,31H,10,14,30H2. The predicted octanol–water partition coefficient (Wildman–Crippen LogP) is 6.03. The zero-order valence-corrected chi connectivity index (χ0v) is 20.4. The van der Waals surface area contributed by atoms with Gasteiger partial charge in [-0.25, -0.2) is 8.42 Å². The van der Waals surface area contributed by atoms with Gasteiger partial charge in [0.2, 0.25) is 10.0 Å². The molecule has 0 aliphatic heterocycles. The van der Waals surface area contributed by atoms with Gasteiger partial charge in [-0.3, -0.25) is 0 Å². The molecule has 0 saturated heterocycles. The van der Waals surface area contributed by atoms with Crippen molar-refractivity contribution in [2.45, 2.75) is 30.1 Å². The van der Waals surface area contributed by atoms with Gasteiger partial charge in [0.25, 0.3) is 0 Å². The van der Waals surface area contributed by atoms with Crippen molar-refractivity contribution in [2.75, 3.05) is 5.73 Å². The van der Waals surface area contributed by atoms with E-state index >= 15 is 0 Å². The summed E-state index contributed by atoms with van der Waals surface area (Å²) in [5.74, 6) is 0. The van der Waals surface area contributed by atoms with Crippen molar-refractivity contribution in [3.8, 4) is 0 Å². The van der Waals surface area contributed by atoms with Crippen molar-refractivity contribution in [1.82, 2.24) is 9.29 Å². The van der Waals surface area contributed by atoms with Crippen molar-refractivity contribution >= 4 is 49.8 Å². The molecule has 184 valence electrons. The van der Waals surface area contributed by atoms with Crippen LogP contribution in [0, 0.1) is 0 Å². The smallest absolute Gasteiger partial charge is 0.398 e. The fraction of sp³-hybridized carbons (Fsp3) is 0.167. The largest absolute Gasteiger partial charge is 0.406 e. The van der Waals surface area contributed by atoms with E-state index in [0.717, 1.165) is 28.6 Å². The molecule has 4 rings (SSSR count). The van der Waals surface area contributed by atoms with Gasteiger partial charge in [-0.05, 0) is 35.7 Å². The van der Waals surface area contributed by atoms with Crippen LogP contribution in [0.25, 0.3) is 10.9 Å². The van der Waals surface area contributed by atoms with Crippen LogP contribution in [-0.4, -0.2) is 25.2 Å². The summed E-state index contributed by atoms with van der Waals surface area (Å²) in [4.78, 5) is -0.653. The number of nitrogen functional groups attached to an aromatic ring is 1. The highest BCUT2D eigenvalue weighted by molar-refractivity contribution is 7.89. The Bertz CT molecular complexity index is 1450. The topological polar surface area (TPSA) is 77.1 Å². The first-order valence-electron chi connectivity index (χ1n) is 10.4. The molecule has 0 bridgehead atoms. The van der Waals surface area contributed by atoms with E-state index in [1.54, 1.807) is 29.1 Å². The number of nitrogens with two attached hydrogens (primary N) is 1. The molecule has 0 saturated carbocycles. The van der Waals surface area contributed by atoms with Crippen LogP contribution in [-0.2, 0) is 23.0 Å². The molecule has 1 aromatic heterocycles. The second-order valence-corrected chi connectivity index (χ2v) is 10.5. The minimum absolute atomic E-state index is 0.0589. The first-order chi connectivity index (χ1) is 16.5. The van der Waals surface area contributed by atoms with Gasteiger partial charge in [0.05, 0.1) is 10.7 Å². The number of para-hydroxylation sites is 1. The number of hydrogen-bond donors (Lipinski definition) is 2. The molecule has 1 unspecified atom stereocenters. The van der Waals surface area contributed by atoms with Gasteiger partial charge < -0.3 is 10.3 Å². The third-order valence-corrected chi connectivity index (χ3v) is 7.70. The second kappa shape index (κ2) is 9.73. The van der Waals surface area contributed by atoms with Crippen molar-refractivity contribution in [3.05, 3.63) is 94.1 Å². The second-order valence-electron chi connectivity index (χ2n) is 8.01. The van der Waals surface area contributed by atoms with Gasteiger partial charge in [0.1, 0.15) is 10.9 Å². The quantitative estimate of drug-likeness (QED) is 0.280. The van der Waals surface area contributed by atoms with E-state index in [0.29, 0.717) is 11.9 Å². The van der Waals surface area contributed by atoms with Crippen LogP contribution < -0.4 is 10.5 Å². The van der Waals surface area contributed by atoms with Gasteiger partial charge in [-0.15, -0.1) is 0 Å². The SMILES string of the molecule is Nc1cc(Cl)cc(Cl)c1S(=O)(=O)NC(Cn1cc(Cc2ccccc2)c2ccccc21)C(F)(F)F. The Morgan fingerprint density at radius 2 is 1.66 bits per heavy atom. The maximum absolute atomic E-state index is 14.0. The summed E-state index contributed by atoms with van der Waals surface area (Å²) < 4.78 is 71.1. The first-order valence-corrected chi connectivity index (χ1v) is 12.6. The average molecular weight is 542 g/mol. The molecule has 3 N–H and O–H groups in total. The highest BCUT2D eigenvalue weighted by Gasteiger charge is 2.43. The lowest BCUT2D eigenvalue weighted by Gasteiger charge is -2.23. The lowest BCUT2D eigenvalue weighted by atomic mass is 10.0. The molecule has 0 fully saturated rings. The Morgan fingerprint density at radius 1 is 1.00 bits per heavy atom. The van der Waals surface area contributed by atoms with Crippen LogP contribution in [0.4, 0.5) is 18.9 Å². The van der Waals surface area contributed by atoms with Crippen LogP contribution in [0.5, 0.6) is 0 Å². The number of nitrogens with zero attached hydrogens (tertiary/aromatic N) is 1. The maximum Gasteiger partial charge on any atom is 0.406 e. The van der Waals surface area contributed by atoms with Crippen molar-refractivity contribution < 1.29 is 21.6 Å². The van der Waals surface area contributed by atoms with E-state index in [2.05, 4.69) is 0 Å². The number of nitrogens with one attached hydrogen (secondary N) is 1. The summed E-state index contributed by atoms with van der Waals surface area (Å²) in [6.07, 6.45) is -2.77. The molecule has 35 heavy (non-hydrogen) atoms. The lowest BCUT2D eigenvalue weighted by molar-refractivity contribution is -0.154. The Kier molecular flexibility index (Phi) is 7.06. The van der Waals surface area contributed by atoms with Crippen LogP contribution in [0.15, 0.2) is 77.8 Å². The number of anilines is 1. The monoisotopic (exact) mass is 541 g/mol. The highest BCUT2D eigenvalue weighted by Crippen LogP contribution is 2.33. The van der Waals surface area contributed by atoms with E-state index in [4.69, 9.17) is 28.9 Å². The number of fused-ring (bicyclic) bond motifs is 1. The predicted molar refractivity (Wildman–Crippen MR) is 132 cm³/mol. The molecule has 4 aromatic rings. The fourth-order valence-corrected chi connectivity index (χ4v) is 6.14. The third-order valence-electron chi connectivity index (χ3n) is 5.49. The van der Waals surface area contributed by atoms with Gasteiger partial charge in [-0.2, -0.15) is 17.9 Å². The Labute approximate surface area is 210 Å². The van der Waals surface area contributed by atoms with Crippen LogP contribution >= 0.6 is 23.2 Å². The number of aromatic nitrogens is 1. The number of sulfonamides is 1. The molecule has 1 atom stereocenters. The molecular formula is C24H20Cl2F3N3O2S. The number of benzene rings is 3. The summed E-state index contributed by atoms with van der Waals surface area (Å²) in [5.41, 5.74) is 7.74. The molecule has 0 amide bonds. The zero-order chi connectivity index (χ0) is 25.4. The third kappa shape index (κ3) is 5.59. The molecule has 0 spiro atoms. The van der Waals surface area contributed by atoms with Crippen LogP contribution in [0.3, 0.4) is 0 Å². The van der Waals surface area contributed by atoms with Gasteiger partial charge in [-0.1, -0.05) is 71.7 Å². The van der Waals surface area contributed by atoms with E-state index < -0.39 is 33.7 Å².